The van der Waals surface area contributed by atoms with Crippen molar-refractivity contribution in [3.8, 4) is 11.5 Å². The summed E-state index contributed by atoms with van der Waals surface area (Å²) in [5, 5.41) is 11.4. The molecular formula is C16H22N4O2S. The van der Waals surface area contributed by atoms with E-state index in [0.717, 1.165) is 11.4 Å². The summed E-state index contributed by atoms with van der Waals surface area (Å²) in [5.74, 6) is 2.39. The number of rotatable bonds is 6. The molecule has 0 amide bonds. The van der Waals surface area contributed by atoms with Crippen LogP contribution < -0.4 is 9.47 Å². The van der Waals surface area contributed by atoms with Gasteiger partial charge in [0.05, 0.1) is 19.4 Å². The van der Waals surface area contributed by atoms with Crippen molar-refractivity contribution < 1.29 is 9.47 Å². The van der Waals surface area contributed by atoms with Gasteiger partial charge in [-0.1, -0.05) is 13.8 Å². The van der Waals surface area contributed by atoms with E-state index in [1.165, 1.54) is 0 Å². The van der Waals surface area contributed by atoms with E-state index in [0.29, 0.717) is 16.3 Å². The first-order valence-corrected chi connectivity index (χ1v) is 7.89. The second kappa shape index (κ2) is 7.41. The Labute approximate surface area is 141 Å². The molecule has 0 fully saturated rings. The molecule has 0 spiro atoms. The highest BCUT2D eigenvalue weighted by Crippen LogP contribution is 2.28. The second-order valence-electron chi connectivity index (χ2n) is 5.67. The molecule has 1 aromatic heterocycles. The van der Waals surface area contributed by atoms with Crippen LogP contribution in [0.15, 0.2) is 23.3 Å². The topological polar surface area (TPSA) is 64.4 Å². The van der Waals surface area contributed by atoms with E-state index >= 15 is 0 Å². The van der Waals surface area contributed by atoms with E-state index in [1.807, 2.05) is 45.9 Å². The van der Waals surface area contributed by atoms with Crippen molar-refractivity contribution in [2.45, 2.75) is 39.7 Å². The molecular weight excluding hydrogens is 312 g/mol. The normalized spacial score (nSPS) is 11.6. The third kappa shape index (κ3) is 4.19. The summed E-state index contributed by atoms with van der Waals surface area (Å²) in [4.78, 5) is 0. The van der Waals surface area contributed by atoms with E-state index in [4.69, 9.17) is 21.7 Å². The third-order valence-electron chi connectivity index (χ3n) is 3.06. The molecule has 0 radical (unpaired) electrons. The fourth-order valence-corrected chi connectivity index (χ4v) is 2.22. The number of hydrogen-bond acceptors (Lipinski definition) is 5. The van der Waals surface area contributed by atoms with E-state index in [-0.39, 0.29) is 12.0 Å². The first-order chi connectivity index (χ1) is 10.9. The lowest BCUT2D eigenvalue weighted by Crippen LogP contribution is -2.07. The standard InChI is InChI=1S/C16H22N4O2S/c1-10(2)15-18-19-16(23)20(15)17-9-12-6-7-13(22-11(3)4)14(8-12)21-5/h6-11H,1-5H3,(H,19,23)/b17-9-. The predicted molar refractivity (Wildman–Crippen MR) is 93.3 cm³/mol. The van der Waals surface area contributed by atoms with Crippen molar-refractivity contribution in [2.24, 2.45) is 5.10 Å². The molecule has 0 aliphatic carbocycles. The zero-order valence-electron chi connectivity index (χ0n) is 14.0. The maximum absolute atomic E-state index is 5.70. The number of benzene rings is 1. The highest BCUT2D eigenvalue weighted by Gasteiger charge is 2.10. The molecule has 124 valence electrons. The van der Waals surface area contributed by atoms with Crippen LogP contribution in [0.1, 0.15) is 45.0 Å². The van der Waals surface area contributed by atoms with Gasteiger partial charge in [0, 0.05) is 5.92 Å². The smallest absolute Gasteiger partial charge is 0.216 e. The van der Waals surface area contributed by atoms with Crippen molar-refractivity contribution in [2.75, 3.05) is 7.11 Å². The molecule has 2 aromatic rings. The number of hydrogen-bond donors (Lipinski definition) is 1. The molecule has 0 aliphatic rings. The van der Waals surface area contributed by atoms with Gasteiger partial charge >= 0.3 is 0 Å². The van der Waals surface area contributed by atoms with Crippen LogP contribution in [-0.2, 0) is 0 Å². The molecule has 7 heteroatoms. The summed E-state index contributed by atoms with van der Waals surface area (Å²) < 4.78 is 13.2. The zero-order valence-corrected chi connectivity index (χ0v) is 14.8. The van der Waals surface area contributed by atoms with Gasteiger partial charge in [-0.2, -0.15) is 14.9 Å². The van der Waals surface area contributed by atoms with Crippen molar-refractivity contribution in [1.29, 1.82) is 0 Å². The predicted octanol–water partition coefficient (Wildman–Crippen LogP) is 3.74. The lowest BCUT2D eigenvalue weighted by Gasteiger charge is -2.13. The largest absolute Gasteiger partial charge is 0.493 e. The van der Waals surface area contributed by atoms with E-state index in [2.05, 4.69) is 15.3 Å². The average molecular weight is 334 g/mol. The van der Waals surface area contributed by atoms with Crippen LogP contribution in [0.5, 0.6) is 11.5 Å². The Morgan fingerprint density at radius 2 is 2.00 bits per heavy atom. The van der Waals surface area contributed by atoms with Crippen molar-refractivity contribution >= 4 is 18.4 Å². The molecule has 0 aliphatic heterocycles. The van der Waals surface area contributed by atoms with Crippen LogP contribution in [0.3, 0.4) is 0 Å². The van der Waals surface area contributed by atoms with Crippen LogP contribution in [0.25, 0.3) is 0 Å². The Kier molecular flexibility index (Phi) is 5.54. The highest BCUT2D eigenvalue weighted by atomic mass is 32.1. The van der Waals surface area contributed by atoms with Crippen molar-refractivity contribution in [3.05, 3.63) is 34.4 Å². The van der Waals surface area contributed by atoms with Gasteiger partial charge in [0.2, 0.25) is 4.77 Å². The van der Waals surface area contributed by atoms with E-state index < -0.39 is 0 Å². The van der Waals surface area contributed by atoms with Gasteiger partial charge in [-0.3, -0.25) is 5.10 Å². The Hall–Kier alpha value is -2.15. The fourth-order valence-electron chi connectivity index (χ4n) is 2.03. The van der Waals surface area contributed by atoms with Gasteiger partial charge in [0.25, 0.3) is 0 Å². The molecule has 0 saturated carbocycles. The van der Waals surface area contributed by atoms with Gasteiger partial charge in [0.1, 0.15) is 0 Å². The Bertz CT molecular complexity index is 747. The fraction of sp³-hybridized carbons (Fsp3) is 0.438. The summed E-state index contributed by atoms with van der Waals surface area (Å²) >= 11 is 5.21. The molecule has 23 heavy (non-hydrogen) atoms. The van der Waals surface area contributed by atoms with Crippen molar-refractivity contribution in [3.63, 3.8) is 0 Å². The van der Waals surface area contributed by atoms with Crippen LogP contribution in [0.4, 0.5) is 0 Å². The maximum Gasteiger partial charge on any atom is 0.216 e. The van der Waals surface area contributed by atoms with Gasteiger partial charge in [-0.15, -0.1) is 0 Å². The molecule has 1 heterocycles. The monoisotopic (exact) mass is 334 g/mol. The average Bonchev–Trinajstić information content (AvgIpc) is 2.87. The number of methoxy groups -OCH3 is 1. The molecule has 1 N–H and O–H groups in total. The first kappa shape index (κ1) is 17.2. The molecule has 6 nitrogen and oxygen atoms in total. The third-order valence-corrected chi connectivity index (χ3v) is 3.33. The van der Waals surface area contributed by atoms with Crippen LogP contribution in [-0.4, -0.2) is 34.3 Å². The van der Waals surface area contributed by atoms with Gasteiger partial charge < -0.3 is 9.47 Å². The zero-order chi connectivity index (χ0) is 17.0. The van der Waals surface area contributed by atoms with Crippen LogP contribution in [0, 0.1) is 4.77 Å². The summed E-state index contributed by atoms with van der Waals surface area (Å²) in [7, 11) is 1.62. The minimum atomic E-state index is 0.0845. The summed E-state index contributed by atoms with van der Waals surface area (Å²) in [6.45, 7) is 8.03. The highest BCUT2D eigenvalue weighted by molar-refractivity contribution is 7.71. The summed E-state index contributed by atoms with van der Waals surface area (Å²) in [6.07, 6.45) is 1.81. The SMILES string of the molecule is COc1cc(/C=N\n2c(C(C)C)n[nH]c2=S)ccc1OC(C)C. The number of aromatic amines is 1. The summed E-state index contributed by atoms with van der Waals surface area (Å²) in [6, 6.07) is 5.67. The lowest BCUT2D eigenvalue weighted by molar-refractivity contribution is 0.230. The maximum atomic E-state index is 5.70. The van der Waals surface area contributed by atoms with E-state index in [1.54, 1.807) is 18.0 Å². The molecule has 0 saturated heterocycles. The molecule has 0 atom stereocenters. The van der Waals surface area contributed by atoms with E-state index in [9.17, 15) is 0 Å². The molecule has 0 unspecified atom stereocenters. The molecule has 1 aromatic carbocycles. The van der Waals surface area contributed by atoms with Gasteiger partial charge in [-0.05, 0) is 49.8 Å². The summed E-state index contributed by atoms with van der Waals surface area (Å²) in [5.41, 5.74) is 0.885. The number of aromatic nitrogens is 3. The minimum absolute atomic E-state index is 0.0845. The quantitative estimate of drug-likeness (QED) is 0.645. The van der Waals surface area contributed by atoms with Crippen molar-refractivity contribution in [1.82, 2.24) is 14.9 Å². The Morgan fingerprint density at radius 1 is 1.26 bits per heavy atom. The number of ether oxygens (including phenoxy) is 2. The van der Waals surface area contributed by atoms with Gasteiger partial charge in [0.15, 0.2) is 17.3 Å². The number of H-pyrrole nitrogens is 1. The van der Waals surface area contributed by atoms with Crippen LogP contribution >= 0.6 is 12.2 Å². The van der Waals surface area contributed by atoms with Gasteiger partial charge in [-0.25, -0.2) is 0 Å². The first-order valence-electron chi connectivity index (χ1n) is 7.48. The lowest BCUT2D eigenvalue weighted by atomic mass is 10.2. The number of nitrogens with zero attached hydrogens (tertiary/aromatic N) is 3. The Balaban J connectivity index is 2.30. The Morgan fingerprint density at radius 3 is 2.61 bits per heavy atom. The second-order valence-corrected chi connectivity index (χ2v) is 6.06. The number of nitrogens with one attached hydrogen (secondary N) is 1. The van der Waals surface area contributed by atoms with Crippen LogP contribution in [0.2, 0.25) is 0 Å². The molecule has 2 rings (SSSR count). The minimum Gasteiger partial charge on any atom is -0.493 e. The molecule has 0 bridgehead atoms.